The maximum atomic E-state index is 12.9. The first-order valence-electron chi connectivity index (χ1n) is 7.08. The lowest BCUT2D eigenvalue weighted by Crippen LogP contribution is -2.22. The second kappa shape index (κ2) is 7.69. The smallest absolute Gasteiger partial charge is 0.417 e. The van der Waals surface area contributed by atoms with Gasteiger partial charge in [-0.2, -0.15) is 13.2 Å². The summed E-state index contributed by atoms with van der Waals surface area (Å²) in [5.74, 6) is -1.88. The van der Waals surface area contributed by atoms with Crippen molar-refractivity contribution in [2.45, 2.75) is 13.1 Å². The van der Waals surface area contributed by atoms with Crippen molar-refractivity contribution < 1.29 is 27.5 Å². The highest BCUT2D eigenvalue weighted by Crippen LogP contribution is 2.32. The molecule has 0 saturated carbocycles. The Morgan fingerprint density at radius 2 is 1.84 bits per heavy atom. The van der Waals surface area contributed by atoms with E-state index in [1.54, 1.807) is 18.2 Å². The van der Waals surface area contributed by atoms with Crippen LogP contribution in [0.25, 0.3) is 0 Å². The lowest BCUT2D eigenvalue weighted by atomic mass is 10.1. The molecular weight excluding hydrogens is 403 g/mol. The fraction of sp³-hybridized carbons (Fsp3) is 0.176. The second-order valence-electron chi connectivity index (χ2n) is 5.15. The maximum Gasteiger partial charge on any atom is 0.417 e. The molecule has 0 bridgehead atoms. The number of nitrogens with one attached hydrogen (secondary N) is 1. The molecule has 8 heteroatoms. The van der Waals surface area contributed by atoms with Gasteiger partial charge in [0.15, 0.2) is 6.61 Å². The van der Waals surface area contributed by atoms with Crippen LogP contribution in [-0.2, 0) is 15.7 Å². The van der Waals surface area contributed by atoms with Crippen LogP contribution in [0.2, 0.25) is 0 Å². The van der Waals surface area contributed by atoms with Crippen molar-refractivity contribution in [3.05, 3.63) is 63.6 Å². The third-order valence-corrected chi connectivity index (χ3v) is 3.84. The SMILES string of the molecule is Cc1ccc(NC(=O)COC(=O)c2ccccc2C(F)(F)F)c(Br)c1. The molecule has 132 valence electrons. The van der Waals surface area contributed by atoms with Gasteiger partial charge in [0.1, 0.15) is 0 Å². The summed E-state index contributed by atoms with van der Waals surface area (Å²) in [6.07, 6.45) is -4.69. The Balaban J connectivity index is 2.02. The molecule has 0 saturated heterocycles. The highest BCUT2D eigenvalue weighted by atomic mass is 79.9. The number of esters is 1. The number of halogens is 4. The second-order valence-corrected chi connectivity index (χ2v) is 6.01. The number of carbonyl (C=O) groups is 2. The first kappa shape index (κ1) is 19.0. The Morgan fingerprint density at radius 1 is 1.16 bits per heavy atom. The fourth-order valence-corrected chi connectivity index (χ4v) is 2.62. The van der Waals surface area contributed by atoms with Gasteiger partial charge in [-0.25, -0.2) is 4.79 Å². The minimum Gasteiger partial charge on any atom is -0.452 e. The number of hydrogen-bond acceptors (Lipinski definition) is 3. The number of carbonyl (C=O) groups excluding carboxylic acids is 2. The average molecular weight is 416 g/mol. The molecule has 0 heterocycles. The Bertz CT molecular complexity index is 806. The summed E-state index contributed by atoms with van der Waals surface area (Å²) in [6.45, 7) is 1.17. The molecule has 0 unspecified atom stereocenters. The summed E-state index contributed by atoms with van der Waals surface area (Å²) >= 11 is 3.28. The predicted molar refractivity (Wildman–Crippen MR) is 89.2 cm³/mol. The van der Waals surface area contributed by atoms with Gasteiger partial charge in [-0.3, -0.25) is 4.79 Å². The monoisotopic (exact) mass is 415 g/mol. The van der Waals surface area contributed by atoms with Gasteiger partial charge in [-0.05, 0) is 52.7 Å². The molecule has 0 aromatic heterocycles. The number of benzene rings is 2. The van der Waals surface area contributed by atoms with Gasteiger partial charge in [0, 0.05) is 4.47 Å². The molecule has 0 radical (unpaired) electrons. The maximum absolute atomic E-state index is 12.9. The average Bonchev–Trinajstić information content (AvgIpc) is 2.54. The van der Waals surface area contributed by atoms with Crippen molar-refractivity contribution in [2.24, 2.45) is 0 Å². The highest BCUT2D eigenvalue weighted by Gasteiger charge is 2.35. The molecular formula is C17H13BrF3NO3. The van der Waals surface area contributed by atoms with Crippen molar-refractivity contribution in [1.82, 2.24) is 0 Å². The quantitative estimate of drug-likeness (QED) is 0.743. The van der Waals surface area contributed by atoms with E-state index < -0.39 is 35.8 Å². The summed E-state index contributed by atoms with van der Waals surface area (Å²) in [6, 6.07) is 9.43. The van der Waals surface area contributed by atoms with Crippen molar-refractivity contribution in [3.63, 3.8) is 0 Å². The summed E-state index contributed by atoms with van der Waals surface area (Å²) in [7, 11) is 0. The lowest BCUT2D eigenvalue weighted by molar-refractivity contribution is -0.138. The van der Waals surface area contributed by atoms with Crippen LogP contribution in [0.1, 0.15) is 21.5 Å². The van der Waals surface area contributed by atoms with Gasteiger partial charge in [-0.15, -0.1) is 0 Å². The number of anilines is 1. The van der Waals surface area contributed by atoms with Crippen molar-refractivity contribution in [2.75, 3.05) is 11.9 Å². The van der Waals surface area contributed by atoms with E-state index in [-0.39, 0.29) is 0 Å². The molecule has 25 heavy (non-hydrogen) atoms. The van der Waals surface area contributed by atoms with Crippen LogP contribution in [0.15, 0.2) is 46.9 Å². The summed E-state index contributed by atoms with van der Waals surface area (Å²) in [5, 5.41) is 2.50. The minimum absolute atomic E-state index is 0.461. The first-order valence-corrected chi connectivity index (χ1v) is 7.87. The van der Waals surface area contributed by atoms with Crippen molar-refractivity contribution in [1.29, 1.82) is 0 Å². The Morgan fingerprint density at radius 3 is 2.48 bits per heavy atom. The van der Waals surface area contributed by atoms with E-state index in [1.807, 2.05) is 6.92 Å². The van der Waals surface area contributed by atoms with E-state index in [0.717, 1.165) is 17.7 Å². The number of alkyl halides is 3. The summed E-state index contributed by atoms with van der Waals surface area (Å²) in [4.78, 5) is 23.7. The van der Waals surface area contributed by atoms with Crippen molar-refractivity contribution in [3.8, 4) is 0 Å². The molecule has 0 aliphatic heterocycles. The van der Waals surface area contributed by atoms with Gasteiger partial charge in [0.2, 0.25) is 0 Å². The highest BCUT2D eigenvalue weighted by molar-refractivity contribution is 9.10. The summed E-state index contributed by atoms with van der Waals surface area (Å²) < 4.78 is 44.0. The van der Waals surface area contributed by atoms with Crippen LogP contribution in [-0.4, -0.2) is 18.5 Å². The van der Waals surface area contributed by atoms with E-state index in [4.69, 9.17) is 4.74 Å². The van der Waals surface area contributed by atoms with Gasteiger partial charge < -0.3 is 10.1 Å². The molecule has 0 atom stereocenters. The van der Waals surface area contributed by atoms with E-state index in [1.165, 1.54) is 12.1 Å². The zero-order valence-electron chi connectivity index (χ0n) is 13.0. The van der Waals surface area contributed by atoms with Crippen LogP contribution in [0.3, 0.4) is 0 Å². The summed E-state index contributed by atoms with van der Waals surface area (Å²) in [5.41, 5.74) is -0.316. The van der Waals surface area contributed by atoms with Crippen LogP contribution in [0, 0.1) is 6.92 Å². The number of amides is 1. The Labute approximate surface area is 150 Å². The molecule has 4 nitrogen and oxygen atoms in total. The third-order valence-electron chi connectivity index (χ3n) is 3.19. The van der Waals surface area contributed by atoms with E-state index in [2.05, 4.69) is 21.2 Å². The molecule has 2 rings (SSSR count). The zero-order valence-corrected chi connectivity index (χ0v) is 14.6. The Kier molecular flexibility index (Phi) is 5.84. The number of ether oxygens (including phenoxy) is 1. The van der Waals surface area contributed by atoms with Gasteiger partial charge in [0.25, 0.3) is 5.91 Å². The van der Waals surface area contributed by atoms with Crippen LogP contribution in [0.5, 0.6) is 0 Å². The third kappa shape index (κ3) is 5.06. The first-order chi connectivity index (χ1) is 11.7. The molecule has 0 spiro atoms. The number of aryl methyl sites for hydroxylation is 1. The van der Waals surface area contributed by atoms with E-state index in [0.29, 0.717) is 10.2 Å². The van der Waals surface area contributed by atoms with Crippen LogP contribution >= 0.6 is 15.9 Å². The fourth-order valence-electron chi connectivity index (χ4n) is 2.02. The topological polar surface area (TPSA) is 55.4 Å². The van der Waals surface area contributed by atoms with E-state index >= 15 is 0 Å². The zero-order chi connectivity index (χ0) is 18.6. The molecule has 1 amide bonds. The molecule has 0 fully saturated rings. The predicted octanol–water partition coefficient (Wildman–Crippen LogP) is 4.57. The largest absolute Gasteiger partial charge is 0.452 e. The van der Waals surface area contributed by atoms with Gasteiger partial charge in [0.05, 0.1) is 16.8 Å². The van der Waals surface area contributed by atoms with Gasteiger partial charge in [-0.1, -0.05) is 18.2 Å². The van der Waals surface area contributed by atoms with Crippen LogP contribution < -0.4 is 5.32 Å². The van der Waals surface area contributed by atoms with Gasteiger partial charge >= 0.3 is 12.1 Å². The number of rotatable bonds is 4. The van der Waals surface area contributed by atoms with Crippen molar-refractivity contribution >= 4 is 33.5 Å². The molecule has 0 aliphatic rings. The molecule has 1 N–H and O–H groups in total. The normalized spacial score (nSPS) is 11.1. The molecule has 2 aromatic carbocycles. The Hall–Kier alpha value is -2.35. The molecule has 2 aromatic rings. The van der Waals surface area contributed by atoms with Crippen LogP contribution in [0.4, 0.5) is 18.9 Å². The standard InChI is InChI=1S/C17H13BrF3NO3/c1-10-6-7-14(13(18)8-10)22-15(23)9-25-16(24)11-4-2-3-5-12(11)17(19,20)21/h2-8H,9H2,1H3,(H,22,23). The number of hydrogen-bond donors (Lipinski definition) is 1. The minimum atomic E-state index is -4.69. The molecule has 0 aliphatic carbocycles. The van der Waals surface area contributed by atoms with E-state index in [9.17, 15) is 22.8 Å². The lowest BCUT2D eigenvalue weighted by Gasteiger charge is -2.12.